The lowest BCUT2D eigenvalue weighted by Gasteiger charge is -2.02. The van der Waals surface area contributed by atoms with Gasteiger partial charge in [-0.2, -0.15) is 5.26 Å². The largest absolute Gasteiger partial charge is 0.381 e. The molecule has 0 aliphatic heterocycles. The van der Waals surface area contributed by atoms with Crippen molar-refractivity contribution in [1.82, 2.24) is 9.55 Å². The van der Waals surface area contributed by atoms with E-state index in [0.29, 0.717) is 5.56 Å². The number of nitro groups is 1. The van der Waals surface area contributed by atoms with Crippen molar-refractivity contribution in [2.75, 3.05) is 0 Å². The van der Waals surface area contributed by atoms with Gasteiger partial charge in [-0.15, -0.1) is 0 Å². The molecule has 18 heavy (non-hydrogen) atoms. The molecule has 0 saturated carbocycles. The van der Waals surface area contributed by atoms with E-state index in [1.165, 1.54) is 35.3 Å². The Bertz CT molecular complexity index is 645. The standard InChI is InChI=1S/C11H7FN4O2/c12-10-2-1-8(3-9(10)4-13)5-15-6-11(14-7-15)16(17)18/h1-3,6-7H,5H2. The average molecular weight is 246 g/mol. The van der Waals surface area contributed by atoms with Crippen molar-refractivity contribution in [2.45, 2.75) is 6.54 Å². The van der Waals surface area contributed by atoms with Gasteiger partial charge in [0.25, 0.3) is 0 Å². The second-order valence-electron chi connectivity index (χ2n) is 3.59. The summed E-state index contributed by atoms with van der Waals surface area (Å²) in [4.78, 5) is 13.5. The third-order valence-electron chi connectivity index (χ3n) is 2.32. The third kappa shape index (κ3) is 2.32. The van der Waals surface area contributed by atoms with Gasteiger partial charge in [0.1, 0.15) is 18.1 Å². The molecule has 0 N–H and O–H groups in total. The minimum Gasteiger partial charge on any atom is -0.358 e. The summed E-state index contributed by atoms with van der Waals surface area (Å²) in [5.41, 5.74) is 0.613. The number of rotatable bonds is 3. The molecule has 0 spiro atoms. The van der Waals surface area contributed by atoms with E-state index in [4.69, 9.17) is 5.26 Å². The Balaban J connectivity index is 2.23. The average Bonchev–Trinajstić information content (AvgIpc) is 2.80. The predicted octanol–water partition coefficient (Wildman–Crippen LogP) is 1.85. The lowest BCUT2D eigenvalue weighted by molar-refractivity contribution is -0.389. The van der Waals surface area contributed by atoms with E-state index >= 15 is 0 Å². The van der Waals surface area contributed by atoms with E-state index in [0.717, 1.165) is 0 Å². The zero-order valence-electron chi connectivity index (χ0n) is 9.08. The Labute approximate surface area is 101 Å². The van der Waals surface area contributed by atoms with Gasteiger partial charge in [0, 0.05) is 0 Å². The number of nitrogens with zero attached hydrogens (tertiary/aromatic N) is 4. The summed E-state index contributed by atoms with van der Waals surface area (Å²) in [5, 5.41) is 19.1. The van der Waals surface area contributed by atoms with E-state index in [2.05, 4.69) is 4.98 Å². The summed E-state index contributed by atoms with van der Waals surface area (Å²) in [6.45, 7) is 0.288. The first-order valence-electron chi connectivity index (χ1n) is 4.95. The highest BCUT2D eigenvalue weighted by molar-refractivity contribution is 5.34. The number of hydrogen-bond acceptors (Lipinski definition) is 4. The maximum atomic E-state index is 13.1. The van der Waals surface area contributed by atoms with Gasteiger partial charge < -0.3 is 14.7 Å². The van der Waals surface area contributed by atoms with Crippen LogP contribution >= 0.6 is 0 Å². The first-order valence-corrected chi connectivity index (χ1v) is 4.95. The van der Waals surface area contributed by atoms with Crippen LogP contribution in [0.4, 0.5) is 10.2 Å². The van der Waals surface area contributed by atoms with Crippen LogP contribution in [0.2, 0.25) is 0 Å². The maximum Gasteiger partial charge on any atom is 0.381 e. The van der Waals surface area contributed by atoms with Gasteiger partial charge in [-0.05, 0) is 27.6 Å². The first-order chi connectivity index (χ1) is 8.60. The molecule has 0 saturated heterocycles. The fraction of sp³-hybridized carbons (Fsp3) is 0.0909. The van der Waals surface area contributed by atoms with Crippen molar-refractivity contribution in [3.63, 3.8) is 0 Å². The molecule has 0 atom stereocenters. The first kappa shape index (κ1) is 11.7. The number of halogens is 1. The Morgan fingerprint density at radius 2 is 2.33 bits per heavy atom. The zero-order chi connectivity index (χ0) is 13.1. The molecule has 0 aliphatic carbocycles. The van der Waals surface area contributed by atoms with E-state index in [1.807, 2.05) is 0 Å². The van der Waals surface area contributed by atoms with Crippen molar-refractivity contribution in [3.05, 3.63) is 57.8 Å². The van der Waals surface area contributed by atoms with Crippen LogP contribution in [0.25, 0.3) is 0 Å². The Hall–Kier alpha value is -2.75. The van der Waals surface area contributed by atoms with Crippen LogP contribution in [0.1, 0.15) is 11.1 Å². The topological polar surface area (TPSA) is 84.8 Å². The van der Waals surface area contributed by atoms with Crippen molar-refractivity contribution in [3.8, 4) is 6.07 Å². The highest BCUT2D eigenvalue weighted by Gasteiger charge is 2.10. The number of nitriles is 1. The Morgan fingerprint density at radius 1 is 1.56 bits per heavy atom. The van der Waals surface area contributed by atoms with Gasteiger partial charge in [-0.3, -0.25) is 0 Å². The lowest BCUT2D eigenvalue weighted by atomic mass is 10.1. The van der Waals surface area contributed by atoms with Crippen molar-refractivity contribution < 1.29 is 9.31 Å². The SMILES string of the molecule is N#Cc1cc(Cn2cnc([N+](=O)[O-])c2)ccc1F. The Morgan fingerprint density at radius 3 is 2.94 bits per heavy atom. The minimum absolute atomic E-state index is 0.0536. The number of hydrogen-bond donors (Lipinski definition) is 0. The van der Waals surface area contributed by atoms with Gasteiger partial charge in [0.05, 0.1) is 12.1 Å². The third-order valence-corrected chi connectivity index (χ3v) is 2.32. The van der Waals surface area contributed by atoms with Crippen molar-refractivity contribution in [2.24, 2.45) is 0 Å². The van der Waals surface area contributed by atoms with E-state index in [9.17, 15) is 14.5 Å². The molecule has 90 valence electrons. The molecule has 6 nitrogen and oxygen atoms in total. The molecule has 1 aromatic carbocycles. The quantitative estimate of drug-likeness (QED) is 0.611. The fourth-order valence-electron chi connectivity index (χ4n) is 1.50. The summed E-state index contributed by atoms with van der Waals surface area (Å²) in [5.74, 6) is -0.838. The monoisotopic (exact) mass is 246 g/mol. The molecule has 0 radical (unpaired) electrons. The smallest absolute Gasteiger partial charge is 0.358 e. The molecule has 0 aliphatic rings. The van der Waals surface area contributed by atoms with E-state index in [1.54, 1.807) is 6.07 Å². The van der Waals surface area contributed by atoms with Crippen LogP contribution in [0.3, 0.4) is 0 Å². The van der Waals surface area contributed by atoms with E-state index in [-0.39, 0.29) is 17.9 Å². The normalized spacial score (nSPS) is 10.0. The molecule has 0 bridgehead atoms. The van der Waals surface area contributed by atoms with Crippen LogP contribution in [0.5, 0.6) is 0 Å². The van der Waals surface area contributed by atoms with Crippen molar-refractivity contribution >= 4 is 5.82 Å². The minimum atomic E-state index is -0.595. The van der Waals surface area contributed by atoms with Crippen molar-refractivity contribution in [1.29, 1.82) is 5.26 Å². The van der Waals surface area contributed by atoms with Crippen LogP contribution < -0.4 is 0 Å². The zero-order valence-corrected chi connectivity index (χ0v) is 9.08. The molecule has 1 aromatic heterocycles. The van der Waals surface area contributed by atoms with Gasteiger partial charge in [0.15, 0.2) is 0 Å². The highest BCUT2D eigenvalue weighted by Crippen LogP contribution is 2.12. The van der Waals surface area contributed by atoms with Gasteiger partial charge >= 0.3 is 5.82 Å². The Kier molecular flexibility index (Phi) is 3.02. The summed E-state index contributed by atoms with van der Waals surface area (Å²) >= 11 is 0. The summed E-state index contributed by atoms with van der Waals surface area (Å²) in [7, 11) is 0. The molecular weight excluding hydrogens is 239 g/mol. The maximum absolute atomic E-state index is 13.1. The predicted molar refractivity (Wildman–Crippen MR) is 59.1 cm³/mol. The molecule has 7 heteroatoms. The lowest BCUT2D eigenvalue weighted by Crippen LogP contribution is -1.98. The molecule has 2 aromatic rings. The molecule has 0 amide bonds. The number of benzene rings is 1. The second-order valence-corrected chi connectivity index (χ2v) is 3.59. The van der Waals surface area contributed by atoms with Gasteiger partial charge in [0.2, 0.25) is 6.33 Å². The van der Waals surface area contributed by atoms with Gasteiger partial charge in [-0.25, -0.2) is 4.39 Å². The number of aromatic nitrogens is 2. The van der Waals surface area contributed by atoms with Crippen LogP contribution in [0, 0.1) is 27.3 Å². The molecule has 2 rings (SSSR count). The second kappa shape index (κ2) is 4.63. The van der Waals surface area contributed by atoms with Crippen LogP contribution in [-0.4, -0.2) is 14.5 Å². The van der Waals surface area contributed by atoms with Crippen LogP contribution in [0.15, 0.2) is 30.7 Å². The number of imidazole rings is 1. The molecule has 0 unspecified atom stereocenters. The molecular formula is C11H7FN4O2. The molecule has 0 fully saturated rings. The highest BCUT2D eigenvalue weighted by atomic mass is 19.1. The summed E-state index contributed by atoms with van der Waals surface area (Å²) in [6.07, 6.45) is 2.59. The fourth-order valence-corrected chi connectivity index (χ4v) is 1.50. The summed E-state index contributed by atoms with van der Waals surface area (Å²) < 4.78 is 14.6. The summed E-state index contributed by atoms with van der Waals surface area (Å²) in [6, 6.07) is 5.85. The van der Waals surface area contributed by atoms with Gasteiger partial charge in [-0.1, -0.05) is 6.07 Å². The van der Waals surface area contributed by atoms with E-state index < -0.39 is 10.7 Å². The van der Waals surface area contributed by atoms with Crippen LogP contribution in [-0.2, 0) is 6.54 Å². The molecule has 1 heterocycles.